The van der Waals surface area contributed by atoms with Gasteiger partial charge in [0.25, 0.3) is 0 Å². The molecule has 6 heterocycles. The highest BCUT2D eigenvalue weighted by Gasteiger charge is 2.62. The van der Waals surface area contributed by atoms with Gasteiger partial charge in [0.15, 0.2) is 58.9 Å². The zero-order valence-corrected chi connectivity index (χ0v) is 85.5. The molecule has 0 aromatic rings. The van der Waals surface area contributed by atoms with E-state index in [2.05, 4.69) is 182 Å². The molecule has 0 aromatic carbocycles. The number of aliphatic hydroxyl groups is 2. The SMILES string of the molecule is C=C/C=C/[C@H](CC(=C)C[C@H]1O[C@@H]([C@H](O[Si](CC)(CC)CC)[C@@]2(OC)C[C@H](O[Si](C)(C)C(C)(C)C)[C@@H](C)[C@@H](CCC/C=C\[C@H]3C[C@H](O[Si](C)(C)C(C)(C)C)C[C@@]4(C[C@@H](OC)C[C@@H](CC(=O)[C@@H](C)[C@@H](OC(C)=O)[C@H](C)C(=C)C[C@H]5C[C@](C)(O[Si](CC)(CC)CC)C[C@@]6(C[C@@H](OC(C)=O)C[C@H](CC(=O)O)O6)O5)O4)O3)O2)[C@H](C)[C@@H](O)[C@@H]1O)O[Si](CC)(CC)CC. The molecule has 0 unspecified atom stereocenters. The number of aliphatic hydroxyl groups excluding tert-OH is 2. The van der Waals surface area contributed by atoms with E-state index < -0.39 is 167 Å². The first-order valence-corrected chi connectivity index (χ1v) is 60.0. The molecule has 6 aliphatic rings. The van der Waals surface area contributed by atoms with Gasteiger partial charge in [-0.3, -0.25) is 19.2 Å². The summed E-state index contributed by atoms with van der Waals surface area (Å²) >= 11 is 0. The predicted octanol–water partition coefficient (Wildman–Crippen LogP) is 20.7. The Balaban J connectivity index is 1.29. The lowest BCUT2D eigenvalue weighted by Crippen LogP contribution is -2.69. The summed E-state index contributed by atoms with van der Waals surface area (Å²) in [5.41, 5.74) is 0.742. The Bertz CT molecular complexity index is 3330. The summed E-state index contributed by atoms with van der Waals surface area (Å²) in [6.07, 6.45) is 5.89. The molecule has 24 atom stereocenters. The van der Waals surface area contributed by atoms with Crippen LogP contribution in [0.3, 0.4) is 0 Å². The summed E-state index contributed by atoms with van der Waals surface area (Å²) in [6, 6.07) is 8.15. The largest absolute Gasteiger partial charge is 0.481 e. The van der Waals surface area contributed by atoms with Gasteiger partial charge in [0.05, 0.1) is 91.2 Å². The Morgan fingerprint density at radius 3 is 1.70 bits per heavy atom. The van der Waals surface area contributed by atoms with Crippen LogP contribution in [0.2, 0.25) is 90.7 Å². The maximum Gasteiger partial charge on any atom is 0.305 e. The van der Waals surface area contributed by atoms with Crippen LogP contribution in [-0.2, 0) is 88.7 Å². The van der Waals surface area contributed by atoms with Gasteiger partial charge in [-0.05, 0) is 136 Å². The predicted molar refractivity (Wildman–Crippen MR) is 492 cm³/mol. The van der Waals surface area contributed by atoms with Crippen LogP contribution in [-0.4, -0.2) is 215 Å². The third-order valence-electron chi connectivity index (χ3n) is 29.8. The molecule has 121 heavy (non-hydrogen) atoms. The van der Waals surface area contributed by atoms with Gasteiger partial charge in [0, 0.05) is 110 Å². The van der Waals surface area contributed by atoms with Gasteiger partial charge in [-0.1, -0.05) is 193 Å². The summed E-state index contributed by atoms with van der Waals surface area (Å²) in [6.45, 7) is 68.3. The van der Waals surface area contributed by atoms with Gasteiger partial charge < -0.3 is 84.8 Å². The fourth-order valence-corrected chi connectivity index (χ4v) is 31.3. The van der Waals surface area contributed by atoms with Crippen molar-refractivity contribution >= 4 is 65.3 Å². The van der Waals surface area contributed by atoms with Crippen LogP contribution in [0.15, 0.2) is 61.3 Å². The van der Waals surface area contributed by atoms with Crippen LogP contribution in [0.5, 0.6) is 0 Å². The minimum Gasteiger partial charge on any atom is -0.481 e. The number of allylic oxidation sites excluding steroid dienone is 3. The van der Waals surface area contributed by atoms with Crippen molar-refractivity contribution in [2.24, 2.45) is 23.7 Å². The topological polar surface area (TPSA) is 267 Å². The molecule has 6 saturated heterocycles. The van der Waals surface area contributed by atoms with Gasteiger partial charge in [-0.2, -0.15) is 0 Å². The molecule has 0 amide bonds. The van der Waals surface area contributed by atoms with Crippen LogP contribution in [0.25, 0.3) is 0 Å². The number of esters is 2. The number of ether oxygens (including phenoxy) is 10. The standard InChI is InChI=1S/C94H170O22Si5/c1-32-42-46-72(113-119(33-2,34-3)35-4)49-63(11)50-81-85(101)84(100)68(16)87(106-81)88(115-120(36-5,37-6)38-7)94(103-27)61-82(114-118(30,31)90(22,23)24)67(15)80(111-94)48-45-43-44-47-71-52-78(112-117(28,29)89(19,20)21)60-92(107-71)58-75(102-26)53-73(108-92)55-79(97)66(14)86(105-70(18)96)65(13)64(12)51-77-57-91(25,116-121(39-8,40-9)41-10)62-93(110-77)59-76(104-69(17)95)54-74(109-93)56-83(98)99/h32,42,44,46-47,65-68,71-78,80-82,84-88,100-101H,1,11-12,33-41,43,45,48-62H2,2-10,13-31H3,(H,98,99)/b46-42+,47-44-/t65-,66-,67+,68-,71+,72-,73+,74-,75+,76+,77+,78+,80-,81-,82+,84-,85-,86+,87-,88+,91+,92+,93-,94-/m1/s1. The quantitative estimate of drug-likeness (QED) is 0.0168. The molecule has 6 fully saturated rings. The highest BCUT2D eigenvalue weighted by Crippen LogP contribution is 2.53. The number of carboxylic acids is 1. The summed E-state index contributed by atoms with van der Waals surface area (Å²) in [5, 5.41) is 34.4. The second-order valence-corrected chi connectivity index (χ2v) is 64.2. The van der Waals surface area contributed by atoms with Crippen LogP contribution in [0.4, 0.5) is 0 Å². The van der Waals surface area contributed by atoms with Crippen LogP contribution in [0, 0.1) is 23.7 Å². The van der Waals surface area contributed by atoms with Crippen molar-refractivity contribution in [1.82, 2.24) is 0 Å². The lowest BCUT2D eigenvalue weighted by atomic mass is 9.78. The molecule has 6 rings (SSSR count). The van der Waals surface area contributed by atoms with E-state index in [1.165, 1.54) is 13.8 Å². The van der Waals surface area contributed by atoms with E-state index in [-0.39, 0.29) is 97.2 Å². The Morgan fingerprint density at radius 1 is 0.612 bits per heavy atom. The van der Waals surface area contributed by atoms with Crippen LogP contribution >= 0.6 is 0 Å². The number of rotatable bonds is 46. The van der Waals surface area contributed by atoms with E-state index in [4.69, 9.17) is 69.5 Å². The van der Waals surface area contributed by atoms with Crippen molar-refractivity contribution in [2.45, 2.75) is 473 Å². The Kier molecular flexibility index (Phi) is 40.0. The van der Waals surface area contributed by atoms with E-state index in [1.807, 2.05) is 19.9 Å². The molecular weight excluding hydrogens is 1620 g/mol. The van der Waals surface area contributed by atoms with Crippen molar-refractivity contribution in [1.29, 1.82) is 0 Å². The monoisotopic (exact) mass is 1790 g/mol. The molecule has 3 N–H and O–H groups in total. The van der Waals surface area contributed by atoms with Gasteiger partial charge in [-0.25, -0.2) is 0 Å². The number of methoxy groups -OCH3 is 2. The summed E-state index contributed by atoms with van der Waals surface area (Å²) in [7, 11) is -8.37. The fraction of sp³-hybridized carbons (Fsp3) is 0.851. The molecule has 0 bridgehead atoms. The second kappa shape index (κ2) is 45.2. The first-order valence-electron chi connectivity index (χ1n) is 46.6. The normalized spacial score (nSPS) is 32.6. The van der Waals surface area contributed by atoms with Gasteiger partial charge >= 0.3 is 17.9 Å². The number of ketones is 1. The number of carbonyl (C=O) groups is 4. The molecule has 698 valence electrons. The van der Waals surface area contributed by atoms with E-state index in [0.29, 0.717) is 63.4 Å². The molecule has 0 aromatic heterocycles. The van der Waals surface area contributed by atoms with Crippen molar-refractivity contribution in [3.63, 3.8) is 0 Å². The van der Waals surface area contributed by atoms with Crippen LogP contribution < -0.4 is 0 Å². The van der Waals surface area contributed by atoms with Crippen molar-refractivity contribution < 1.29 is 104 Å². The molecule has 2 spiro atoms. The Labute approximate surface area is 736 Å². The second-order valence-electron chi connectivity index (χ2n) is 40.5. The highest BCUT2D eigenvalue weighted by atomic mass is 28.4. The van der Waals surface area contributed by atoms with Gasteiger partial charge in [-0.15, -0.1) is 0 Å². The molecule has 6 aliphatic heterocycles. The summed E-state index contributed by atoms with van der Waals surface area (Å²) in [4.78, 5) is 53.3. The maximum absolute atomic E-state index is 15.2. The van der Waals surface area contributed by atoms with E-state index in [1.54, 1.807) is 27.2 Å². The molecule has 0 aliphatic carbocycles. The smallest absolute Gasteiger partial charge is 0.305 e. The number of carboxylic acid groups (broad SMARTS) is 1. The van der Waals surface area contributed by atoms with Gasteiger partial charge in [0.2, 0.25) is 0 Å². The van der Waals surface area contributed by atoms with Crippen LogP contribution in [0.1, 0.15) is 261 Å². The molecule has 0 saturated carbocycles. The van der Waals surface area contributed by atoms with Gasteiger partial charge in [0.1, 0.15) is 30.2 Å². The molecule has 22 nitrogen and oxygen atoms in total. The maximum atomic E-state index is 15.2. The van der Waals surface area contributed by atoms with Crippen molar-refractivity contribution in [3.05, 3.63) is 61.3 Å². The third kappa shape index (κ3) is 28.1. The van der Waals surface area contributed by atoms with E-state index in [9.17, 15) is 29.7 Å². The van der Waals surface area contributed by atoms with Crippen molar-refractivity contribution in [3.8, 4) is 0 Å². The zero-order chi connectivity index (χ0) is 91.0. The summed E-state index contributed by atoms with van der Waals surface area (Å²) < 4.78 is 106. The molecular formula is C94H170O22Si5. The fourth-order valence-electron chi connectivity index (χ4n) is 19.7. The zero-order valence-electron chi connectivity index (χ0n) is 80.5. The molecule has 27 heteroatoms. The molecule has 0 radical (unpaired) electrons. The lowest BCUT2D eigenvalue weighted by molar-refractivity contribution is -0.354. The highest BCUT2D eigenvalue weighted by molar-refractivity contribution is 6.75. The number of hydrogen-bond acceptors (Lipinski definition) is 21. The Morgan fingerprint density at radius 2 is 1.16 bits per heavy atom. The number of unbranched alkanes of at least 4 members (excludes halogenated alkanes) is 1. The first kappa shape index (κ1) is 107. The third-order valence-corrected chi connectivity index (χ3v) is 52.9. The number of hydrogen-bond donors (Lipinski definition) is 3. The number of carbonyl (C=O) groups excluding carboxylic acids is 3. The van der Waals surface area contributed by atoms with E-state index >= 15 is 4.79 Å². The Hall–Kier alpha value is -2.74. The summed E-state index contributed by atoms with van der Waals surface area (Å²) in [5.74, 6) is -8.23. The number of aliphatic carboxylic acids is 1. The number of Topliss-reactive ketones (excluding diaryl/α,β-unsaturated/α-hetero) is 1. The average Bonchev–Trinajstić information content (AvgIpc) is 0.745. The minimum absolute atomic E-state index is 0.0177. The minimum atomic E-state index is -2.57. The lowest BCUT2D eigenvalue weighted by Gasteiger charge is -2.56. The van der Waals surface area contributed by atoms with E-state index in [0.717, 1.165) is 66.4 Å². The van der Waals surface area contributed by atoms with Crippen molar-refractivity contribution in [2.75, 3.05) is 14.2 Å². The average molecular weight is 1790 g/mol. The first-order chi connectivity index (χ1) is 56.3.